The molecule has 0 saturated carbocycles. The molecule has 5 heteroatoms. The monoisotopic (exact) mass is 350 g/mol. The Labute approximate surface area is 129 Å². The molecule has 1 atom stereocenters. The van der Waals surface area contributed by atoms with Crippen LogP contribution in [0.1, 0.15) is 21.5 Å². The number of imidazole rings is 1. The van der Waals surface area contributed by atoms with Crippen molar-refractivity contribution >= 4 is 38.6 Å². The number of halogens is 2. The number of alkyl halides is 1. The molecule has 102 valence electrons. The normalized spacial score (nSPS) is 12.8. The molecule has 0 spiro atoms. The first-order valence-electron chi connectivity index (χ1n) is 6.16. The van der Waals surface area contributed by atoms with Gasteiger partial charge in [0.15, 0.2) is 0 Å². The summed E-state index contributed by atoms with van der Waals surface area (Å²) in [6.45, 7) is 1.98. The first-order chi connectivity index (χ1) is 9.54. The van der Waals surface area contributed by atoms with E-state index in [1.807, 2.05) is 43.3 Å². The van der Waals surface area contributed by atoms with Gasteiger partial charge in [0.2, 0.25) is 0 Å². The van der Waals surface area contributed by atoms with Crippen LogP contribution in [0.4, 0.5) is 0 Å². The number of hydrogen-bond donors (Lipinski definition) is 2. The number of rotatable bonds is 2. The van der Waals surface area contributed by atoms with Crippen molar-refractivity contribution < 1.29 is 0 Å². The predicted molar refractivity (Wildman–Crippen MR) is 85.9 cm³/mol. The minimum Gasteiger partial charge on any atom is -0.306 e. The van der Waals surface area contributed by atoms with Crippen molar-refractivity contribution in [1.82, 2.24) is 9.97 Å². The van der Waals surface area contributed by atoms with E-state index in [1.165, 1.54) is 0 Å². The van der Waals surface area contributed by atoms with Gasteiger partial charge in [0.1, 0.15) is 0 Å². The molecule has 3 nitrogen and oxygen atoms in total. The molecular weight excluding hydrogens is 340 g/mol. The number of H-pyrrole nitrogens is 2. The van der Waals surface area contributed by atoms with Crippen LogP contribution in [0.25, 0.3) is 11.0 Å². The van der Waals surface area contributed by atoms with E-state index < -0.39 is 0 Å². The molecule has 0 bridgehead atoms. The summed E-state index contributed by atoms with van der Waals surface area (Å²) in [7, 11) is 0. The summed E-state index contributed by atoms with van der Waals surface area (Å²) >= 11 is 9.85. The lowest BCUT2D eigenvalue weighted by atomic mass is 10.0. The van der Waals surface area contributed by atoms with Crippen LogP contribution < -0.4 is 5.69 Å². The van der Waals surface area contributed by atoms with Crippen molar-refractivity contribution in [1.29, 1.82) is 0 Å². The molecule has 0 aliphatic rings. The Kier molecular flexibility index (Phi) is 3.44. The van der Waals surface area contributed by atoms with Crippen molar-refractivity contribution in [2.24, 2.45) is 0 Å². The van der Waals surface area contributed by atoms with Crippen LogP contribution in [0, 0.1) is 6.92 Å². The highest BCUT2D eigenvalue weighted by Gasteiger charge is 2.12. The Hall–Kier alpha value is -1.52. The molecule has 0 radical (unpaired) electrons. The molecule has 1 unspecified atom stereocenters. The number of aromatic amines is 2. The maximum Gasteiger partial charge on any atom is 0.323 e. The van der Waals surface area contributed by atoms with Crippen LogP contribution in [-0.2, 0) is 0 Å². The van der Waals surface area contributed by atoms with Crippen LogP contribution >= 0.6 is 27.5 Å². The van der Waals surface area contributed by atoms with E-state index in [0.717, 1.165) is 32.7 Å². The Morgan fingerprint density at radius 3 is 2.45 bits per heavy atom. The number of hydrogen-bond acceptors (Lipinski definition) is 1. The Bertz CT molecular complexity index is 837. The number of fused-ring (bicyclic) bond motifs is 1. The predicted octanol–water partition coefficient (Wildman–Crippen LogP) is 4.30. The Morgan fingerprint density at radius 2 is 1.70 bits per heavy atom. The zero-order valence-corrected chi connectivity index (χ0v) is 13.0. The minimum atomic E-state index is -0.193. The quantitative estimate of drug-likeness (QED) is 0.664. The fraction of sp³-hybridized carbons (Fsp3) is 0.133. The van der Waals surface area contributed by atoms with E-state index >= 15 is 0 Å². The van der Waals surface area contributed by atoms with Gasteiger partial charge in [-0.1, -0.05) is 45.7 Å². The van der Waals surface area contributed by atoms with E-state index in [-0.39, 0.29) is 10.5 Å². The van der Waals surface area contributed by atoms with Crippen LogP contribution in [0.15, 0.2) is 41.2 Å². The van der Waals surface area contributed by atoms with Crippen molar-refractivity contribution in [2.45, 2.75) is 11.8 Å². The fourth-order valence-corrected chi connectivity index (χ4v) is 2.93. The summed E-state index contributed by atoms with van der Waals surface area (Å²) in [4.78, 5) is 16.8. The van der Waals surface area contributed by atoms with Gasteiger partial charge in [0, 0.05) is 5.02 Å². The highest BCUT2D eigenvalue weighted by Crippen LogP contribution is 2.33. The summed E-state index contributed by atoms with van der Waals surface area (Å²) in [5.74, 6) is 0. The van der Waals surface area contributed by atoms with Gasteiger partial charge in [0.05, 0.1) is 15.9 Å². The number of aryl methyl sites for hydroxylation is 1. The van der Waals surface area contributed by atoms with Crippen molar-refractivity contribution in [3.63, 3.8) is 0 Å². The molecule has 2 aromatic carbocycles. The van der Waals surface area contributed by atoms with E-state index in [9.17, 15) is 4.79 Å². The molecule has 20 heavy (non-hydrogen) atoms. The molecule has 2 N–H and O–H groups in total. The minimum absolute atomic E-state index is 0.0309. The molecule has 0 saturated heterocycles. The molecule has 3 aromatic rings. The Balaban J connectivity index is 2.04. The summed E-state index contributed by atoms with van der Waals surface area (Å²) in [6.07, 6.45) is 0. The van der Waals surface area contributed by atoms with Crippen LogP contribution in [0.2, 0.25) is 5.02 Å². The SMILES string of the molecule is Cc1ccc(C(Br)c2ccc3[nH]c(=O)[nH]c3c2)cc1Cl. The summed E-state index contributed by atoms with van der Waals surface area (Å²) in [5, 5.41) is 0.753. The van der Waals surface area contributed by atoms with Gasteiger partial charge < -0.3 is 9.97 Å². The molecule has 0 aliphatic heterocycles. The molecular formula is C15H12BrClN2O. The summed E-state index contributed by atoms with van der Waals surface area (Å²) < 4.78 is 0. The second-order valence-corrected chi connectivity index (χ2v) is 6.08. The van der Waals surface area contributed by atoms with Crippen molar-refractivity contribution in [3.05, 3.63) is 68.6 Å². The lowest BCUT2D eigenvalue weighted by Crippen LogP contribution is -1.99. The third kappa shape index (κ3) is 2.41. The van der Waals surface area contributed by atoms with Gasteiger partial charge in [-0.25, -0.2) is 4.79 Å². The van der Waals surface area contributed by atoms with Gasteiger partial charge in [-0.3, -0.25) is 0 Å². The smallest absolute Gasteiger partial charge is 0.306 e. The zero-order chi connectivity index (χ0) is 14.3. The summed E-state index contributed by atoms with van der Waals surface area (Å²) in [6, 6.07) is 11.8. The highest BCUT2D eigenvalue weighted by atomic mass is 79.9. The van der Waals surface area contributed by atoms with Gasteiger partial charge in [-0.2, -0.15) is 0 Å². The zero-order valence-electron chi connectivity index (χ0n) is 10.7. The van der Waals surface area contributed by atoms with E-state index in [0.29, 0.717) is 0 Å². The lowest BCUT2D eigenvalue weighted by molar-refractivity contribution is 1.17. The number of aromatic nitrogens is 2. The molecule has 1 heterocycles. The standard InChI is InChI=1S/C15H12BrClN2O/c1-8-2-3-9(6-11(8)17)14(16)10-4-5-12-13(7-10)19-15(20)18-12/h2-7,14H,1H3,(H2,18,19,20). The second kappa shape index (κ2) is 5.11. The van der Waals surface area contributed by atoms with Gasteiger partial charge in [-0.15, -0.1) is 0 Å². The Morgan fingerprint density at radius 1 is 1.05 bits per heavy atom. The largest absolute Gasteiger partial charge is 0.323 e. The van der Waals surface area contributed by atoms with Gasteiger partial charge >= 0.3 is 5.69 Å². The topological polar surface area (TPSA) is 48.6 Å². The molecule has 0 fully saturated rings. The fourth-order valence-electron chi connectivity index (χ4n) is 2.17. The van der Waals surface area contributed by atoms with Crippen LogP contribution in [0.3, 0.4) is 0 Å². The lowest BCUT2D eigenvalue weighted by Gasteiger charge is -2.12. The number of nitrogens with one attached hydrogen (secondary N) is 2. The highest BCUT2D eigenvalue weighted by molar-refractivity contribution is 9.09. The average Bonchev–Trinajstić information content (AvgIpc) is 2.80. The van der Waals surface area contributed by atoms with Crippen molar-refractivity contribution in [2.75, 3.05) is 0 Å². The maximum atomic E-state index is 11.3. The van der Waals surface area contributed by atoms with Crippen LogP contribution in [0.5, 0.6) is 0 Å². The first kappa shape index (κ1) is 13.5. The van der Waals surface area contributed by atoms with E-state index in [1.54, 1.807) is 0 Å². The third-order valence-electron chi connectivity index (χ3n) is 3.32. The van der Waals surface area contributed by atoms with Gasteiger partial charge in [0.25, 0.3) is 0 Å². The average molecular weight is 352 g/mol. The summed E-state index contributed by atoms with van der Waals surface area (Å²) in [5.41, 5.74) is 4.61. The molecule has 3 rings (SSSR count). The molecule has 0 aliphatic carbocycles. The second-order valence-electron chi connectivity index (χ2n) is 4.76. The number of benzene rings is 2. The molecule has 1 aromatic heterocycles. The van der Waals surface area contributed by atoms with E-state index in [4.69, 9.17) is 11.6 Å². The van der Waals surface area contributed by atoms with Gasteiger partial charge in [-0.05, 0) is 41.8 Å². The van der Waals surface area contributed by atoms with Crippen LogP contribution in [-0.4, -0.2) is 9.97 Å². The van der Waals surface area contributed by atoms with Crippen molar-refractivity contribution in [3.8, 4) is 0 Å². The van der Waals surface area contributed by atoms with E-state index in [2.05, 4.69) is 25.9 Å². The first-order valence-corrected chi connectivity index (χ1v) is 7.46. The molecule has 0 amide bonds. The third-order valence-corrected chi connectivity index (χ3v) is 4.79. The maximum absolute atomic E-state index is 11.3.